The van der Waals surface area contributed by atoms with E-state index in [1.807, 2.05) is 94.5 Å². The summed E-state index contributed by atoms with van der Waals surface area (Å²) >= 11 is 6.12. The Morgan fingerprint density at radius 1 is 0.943 bits per heavy atom. The molecule has 7 nitrogen and oxygen atoms in total. The van der Waals surface area contributed by atoms with Crippen molar-refractivity contribution in [2.75, 3.05) is 13.1 Å². The van der Waals surface area contributed by atoms with Gasteiger partial charge in [0.25, 0.3) is 5.91 Å². The lowest BCUT2D eigenvalue weighted by atomic mass is 9.96. The van der Waals surface area contributed by atoms with Crippen LogP contribution in [0.2, 0.25) is 5.02 Å². The molecule has 1 unspecified atom stereocenters. The molecule has 5 aromatic rings. The Balaban J connectivity index is 1.35. The van der Waals surface area contributed by atoms with Crippen LogP contribution in [0.3, 0.4) is 0 Å². The summed E-state index contributed by atoms with van der Waals surface area (Å²) in [6.07, 6.45) is 5.68. The van der Waals surface area contributed by atoms with Crippen LogP contribution in [0.25, 0.3) is 22.6 Å². The Kier molecular flexibility index (Phi) is 5.54. The van der Waals surface area contributed by atoms with Crippen LogP contribution in [0, 0.1) is 0 Å². The molecule has 8 heteroatoms. The van der Waals surface area contributed by atoms with Crippen LogP contribution < -0.4 is 0 Å². The monoisotopic (exact) mass is 482 g/mol. The molecule has 0 saturated carbocycles. The number of pyridine rings is 1. The molecule has 1 amide bonds. The molecule has 2 aromatic carbocycles. The normalized spacial score (nSPS) is 16.0. The van der Waals surface area contributed by atoms with Crippen molar-refractivity contribution in [2.45, 2.75) is 18.8 Å². The molecule has 1 fully saturated rings. The Morgan fingerprint density at radius 3 is 2.57 bits per heavy atom. The van der Waals surface area contributed by atoms with Gasteiger partial charge in [0, 0.05) is 42.0 Å². The van der Waals surface area contributed by atoms with Gasteiger partial charge in [0.15, 0.2) is 5.65 Å². The van der Waals surface area contributed by atoms with Gasteiger partial charge in [-0.15, -0.1) is 10.2 Å². The number of hydrogen-bond acceptors (Lipinski definition) is 4. The van der Waals surface area contributed by atoms with Crippen molar-refractivity contribution in [2.24, 2.45) is 0 Å². The van der Waals surface area contributed by atoms with Gasteiger partial charge in [-0.25, -0.2) is 4.68 Å². The minimum Gasteiger partial charge on any atom is -0.338 e. The maximum Gasteiger partial charge on any atom is 0.257 e. The molecule has 1 aliphatic rings. The van der Waals surface area contributed by atoms with Gasteiger partial charge >= 0.3 is 0 Å². The SMILES string of the molecule is O=C(c1cn(-c2ccccc2)nc1-c1ccc(Cl)cc1)N1CCCC(c2nnc3ccccn23)C1. The molecule has 174 valence electrons. The number of para-hydroxylation sites is 1. The third kappa shape index (κ3) is 4.08. The highest BCUT2D eigenvalue weighted by Crippen LogP contribution is 2.30. The minimum absolute atomic E-state index is 0.0318. The first-order chi connectivity index (χ1) is 17.2. The lowest BCUT2D eigenvalue weighted by molar-refractivity contribution is 0.0705. The number of fused-ring (bicyclic) bond motifs is 1. The van der Waals surface area contributed by atoms with Gasteiger partial charge in [-0.3, -0.25) is 9.20 Å². The Labute approximate surface area is 207 Å². The van der Waals surface area contributed by atoms with E-state index >= 15 is 0 Å². The van der Waals surface area contributed by atoms with Crippen LogP contribution in [-0.2, 0) is 0 Å². The third-order valence-electron chi connectivity index (χ3n) is 6.50. The summed E-state index contributed by atoms with van der Waals surface area (Å²) < 4.78 is 3.79. The number of benzene rings is 2. The highest BCUT2D eigenvalue weighted by Gasteiger charge is 2.30. The molecule has 0 N–H and O–H groups in total. The van der Waals surface area contributed by atoms with Crippen molar-refractivity contribution in [1.29, 1.82) is 0 Å². The van der Waals surface area contributed by atoms with E-state index in [-0.39, 0.29) is 11.8 Å². The zero-order valence-electron chi connectivity index (χ0n) is 19.0. The van der Waals surface area contributed by atoms with Crippen LogP contribution in [0.4, 0.5) is 0 Å². The predicted molar refractivity (Wildman–Crippen MR) is 135 cm³/mol. The number of halogens is 1. The maximum absolute atomic E-state index is 13.9. The second-order valence-electron chi connectivity index (χ2n) is 8.76. The fourth-order valence-corrected chi connectivity index (χ4v) is 4.87. The molecule has 1 atom stereocenters. The number of carbonyl (C=O) groups is 1. The molecule has 1 saturated heterocycles. The number of likely N-dealkylation sites (tertiary alicyclic amines) is 1. The fourth-order valence-electron chi connectivity index (χ4n) is 4.75. The number of nitrogens with zero attached hydrogens (tertiary/aromatic N) is 6. The van der Waals surface area contributed by atoms with Crippen LogP contribution in [-0.4, -0.2) is 48.3 Å². The maximum atomic E-state index is 13.9. The molecule has 0 spiro atoms. The van der Waals surface area contributed by atoms with Gasteiger partial charge in [0.05, 0.1) is 11.3 Å². The topological polar surface area (TPSA) is 68.3 Å². The first-order valence-electron chi connectivity index (χ1n) is 11.7. The van der Waals surface area contributed by atoms with E-state index in [0.29, 0.717) is 29.4 Å². The van der Waals surface area contributed by atoms with E-state index in [0.717, 1.165) is 35.6 Å². The molecule has 6 rings (SSSR count). The molecule has 0 bridgehead atoms. The lowest BCUT2D eigenvalue weighted by Crippen LogP contribution is -2.39. The number of aromatic nitrogens is 5. The standard InChI is InChI=1S/C27H23ClN6O/c28-21-13-11-19(12-14-21)25-23(18-34(31-25)22-8-2-1-3-9-22)27(35)32-15-6-7-20(17-32)26-30-29-24-10-4-5-16-33(24)26/h1-5,8-14,16,18,20H,6-7,15,17H2. The highest BCUT2D eigenvalue weighted by molar-refractivity contribution is 6.30. The Bertz CT molecular complexity index is 1490. The van der Waals surface area contributed by atoms with Crippen molar-refractivity contribution in [1.82, 2.24) is 29.3 Å². The molecule has 3 aromatic heterocycles. The summed E-state index contributed by atoms with van der Waals surface area (Å²) in [6, 6.07) is 23.1. The Hall–Kier alpha value is -3.97. The molecular weight excluding hydrogens is 460 g/mol. The van der Waals surface area contributed by atoms with Crippen molar-refractivity contribution in [3.05, 3.63) is 102 Å². The Morgan fingerprint density at radius 2 is 1.74 bits per heavy atom. The van der Waals surface area contributed by atoms with E-state index in [4.69, 9.17) is 16.7 Å². The average molecular weight is 483 g/mol. The third-order valence-corrected chi connectivity index (χ3v) is 6.75. The summed E-state index contributed by atoms with van der Waals surface area (Å²) in [5.41, 5.74) is 3.78. The first-order valence-corrected chi connectivity index (χ1v) is 12.0. The average Bonchev–Trinajstić information content (AvgIpc) is 3.55. The predicted octanol–water partition coefficient (Wildman–Crippen LogP) is 5.26. The van der Waals surface area contributed by atoms with E-state index < -0.39 is 0 Å². The summed E-state index contributed by atoms with van der Waals surface area (Å²) in [7, 11) is 0. The molecular formula is C27H23ClN6O. The summed E-state index contributed by atoms with van der Waals surface area (Å²) in [5, 5.41) is 14.2. The van der Waals surface area contributed by atoms with Crippen molar-refractivity contribution in [3.63, 3.8) is 0 Å². The lowest BCUT2D eigenvalue weighted by Gasteiger charge is -2.32. The van der Waals surface area contributed by atoms with Crippen molar-refractivity contribution in [3.8, 4) is 16.9 Å². The summed E-state index contributed by atoms with van der Waals surface area (Å²) in [6.45, 7) is 1.29. The quantitative estimate of drug-likeness (QED) is 0.350. The van der Waals surface area contributed by atoms with E-state index in [2.05, 4.69) is 10.2 Å². The summed E-state index contributed by atoms with van der Waals surface area (Å²) in [4.78, 5) is 15.8. The number of hydrogen-bond donors (Lipinski definition) is 0. The first kappa shape index (κ1) is 21.6. The van der Waals surface area contributed by atoms with Crippen LogP contribution in [0.1, 0.15) is 34.9 Å². The smallest absolute Gasteiger partial charge is 0.257 e. The molecule has 35 heavy (non-hydrogen) atoms. The van der Waals surface area contributed by atoms with Crippen LogP contribution >= 0.6 is 11.6 Å². The number of amides is 1. The van der Waals surface area contributed by atoms with Gasteiger partial charge in [0.1, 0.15) is 11.5 Å². The number of carbonyl (C=O) groups excluding carboxylic acids is 1. The van der Waals surface area contributed by atoms with E-state index in [9.17, 15) is 4.79 Å². The molecule has 0 radical (unpaired) electrons. The van der Waals surface area contributed by atoms with Gasteiger partial charge in [-0.2, -0.15) is 5.10 Å². The second kappa shape index (κ2) is 9.00. The van der Waals surface area contributed by atoms with Gasteiger partial charge in [-0.05, 0) is 49.2 Å². The van der Waals surface area contributed by atoms with Gasteiger partial charge < -0.3 is 4.90 Å². The molecule has 1 aliphatic heterocycles. The van der Waals surface area contributed by atoms with Crippen LogP contribution in [0.5, 0.6) is 0 Å². The highest BCUT2D eigenvalue weighted by atomic mass is 35.5. The second-order valence-corrected chi connectivity index (χ2v) is 9.19. The minimum atomic E-state index is -0.0318. The molecule has 0 aliphatic carbocycles. The largest absolute Gasteiger partial charge is 0.338 e. The summed E-state index contributed by atoms with van der Waals surface area (Å²) in [5.74, 6) is 0.986. The number of rotatable bonds is 4. The van der Waals surface area contributed by atoms with Crippen molar-refractivity contribution >= 4 is 23.2 Å². The zero-order chi connectivity index (χ0) is 23.8. The van der Waals surface area contributed by atoms with E-state index in [1.54, 1.807) is 4.68 Å². The van der Waals surface area contributed by atoms with E-state index in [1.165, 1.54) is 0 Å². The molecule has 4 heterocycles. The van der Waals surface area contributed by atoms with Crippen LogP contribution in [0.15, 0.2) is 85.2 Å². The number of piperidine rings is 1. The fraction of sp³-hybridized carbons (Fsp3) is 0.185. The van der Waals surface area contributed by atoms with Gasteiger partial charge in [0.2, 0.25) is 0 Å². The van der Waals surface area contributed by atoms with Gasteiger partial charge in [-0.1, -0.05) is 48.0 Å². The van der Waals surface area contributed by atoms with Crippen molar-refractivity contribution < 1.29 is 4.79 Å². The zero-order valence-corrected chi connectivity index (χ0v) is 19.7.